The van der Waals surface area contributed by atoms with Crippen molar-refractivity contribution in [1.82, 2.24) is 4.90 Å². The molecule has 1 saturated heterocycles. The second-order valence-electron chi connectivity index (χ2n) is 8.32. The van der Waals surface area contributed by atoms with Crippen molar-refractivity contribution >= 4 is 40.4 Å². The average molecular weight is 458 g/mol. The minimum Gasteiger partial charge on any atom is -0.368 e. The van der Waals surface area contributed by atoms with Gasteiger partial charge in [0.15, 0.2) is 0 Å². The number of rotatable bonds is 4. The van der Waals surface area contributed by atoms with Crippen LogP contribution in [0.25, 0.3) is 5.57 Å². The summed E-state index contributed by atoms with van der Waals surface area (Å²) in [5.41, 5.74) is 4.42. The van der Waals surface area contributed by atoms with Gasteiger partial charge in [-0.25, -0.2) is 4.90 Å². The standard InChI is InChI=1S/C27H24ClN3O2/c1-19-7-13-23(14-8-19)31-26(32)24(20-9-11-21(28)12-10-20)25(27(31)33)30-17-15-29(16-18-30)22-5-3-2-4-6-22/h2-14H,15-18H2,1H3. The number of aryl methyl sites for hydroxylation is 1. The van der Waals surface area contributed by atoms with Crippen molar-refractivity contribution in [1.29, 1.82) is 0 Å². The molecule has 2 amide bonds. The smallest absolute Gasteiger partial charge is 0.282 e. The van der Waals surface area contributed by atoms with Crippen LogP contribution in [0.15, 0.2) is 84.6 Å². The zero-order valence-electron chi connectivity index (χ0n) is 18.4. The third kappa shape index (κ3) is 4.00. The first-order valence-electron chi connectivity index (χ1n) is 11.0. The summed E-state index contributed by atoms with van der Waals surface area (Å²) in [6.45, 7) is 4.83. The van der Waals surface area contributed by atoms with Crippen LogP contribution in [-0.4, -0.2) is 42.9 Å². The largest absolute Gasteiger partial charge is 0.368 e. The van der Waals surface area contributed by atoms with Crippen molar-refractivity contribution < 1.29 is 9.59 Å². The molecule has 0 saturated carbocycles. The summed E-state index contributed by atoms with van der Waals surface area (Å²) < 4.78 is 0. The van der Waals surface area contributed by atoms with Crippen LogP contribution in [-0.2, 0) is 9.59 Å². The number of imide groups is 1. The maximum Gasteiger partial charge on any atom is 0.282 e. The Labute approximate surface area is 198 Å². The quantitative estimate of drug-likeness (QED) is 0.530. The molecule has 6 heteroatoms. The molecule has 2 aliphatic rings. The summed E-state index contributed by atoms with van der Waals surface area (Å²) in [5.74, 6) is -0.575. The van der Waals surface area contributed by atoms with Gasteiger partial charge in [0.25, 0.3) is 11.8 Å². The summed E-state index contributed by atoms with van der Waals surface area (Å²) in [6, 6.07) is 24.8. The molecule has 0 aliphatic carbocycles. The lowest BCUT2D eigenvalue weighted by atomic mass is 10.0. The molecule has 166 valence electrons. The van der Waals surface area contributed by atoms with E-state index in [2.05, 4.69) is 21.9 Å². The lowest BCUT2D eigenvalue weighted by molar-refractivity contribution is -0.120. The minimum absolute atomic E-state index is 0.276. The van der Waals surface area contributed by atoms with Gasteiger partial charge in [-0.05, 0) is 48.9 Å². The molecule has 2 aliphatic heterocycles. The predicted molar refractivity (Wildman–Crippen MR) is 132 cm³/mol. The molecule has 3 aromatic carbocycles. The molecule has 33 heavy (non-hydrogen) atoms. The van der Waals surface area contributed by atoms with E-state index in [4.69, 9.17) is 11.6 Å². The SMILES string of the molecule is Cc1ccc(N2C(=O)C(c3ccc(Cl)cc3)=C(N3CCN(c4ccccc4)CC3)C2=O)cc1. The van der Waals surface area contributed by atoms with Crippen LogP contribution < -0.4 is 9.80 Å². The molecule has 0 aromatic heterocycles. The zero-order chi connectivity index (χ0) is 22.9. The molecule has 1 fully saturated rings. The summed E-state index contributed by atoms with van der Waals surface area (Å²) in [5, 5.41) is 0.588. The van der Waals surface area contributed by atoms with E-state index in [1.165, 1.54) is 10.6 Å². The van der Waals surface area contributed by atoms with Crippen LogP contribution in [0.2, 0.25) is 5.02 Å². The molecule has 0 unspecified atom stereocenters. The molecule has 5 nitrogen and oxygen atoms in total. The van der Waals surface area contributed by atoms with Crippen molar-refractivity contribution in [3.05, 3.63) is 101 Å². The van der Waals surface area contributed by atoms with Crippen LogP contribution in [0.1, 0.15) is 11.1 Å². The Balaban J connectivity index is 1.50. The van der Waals surface area contributed by atoms with Gasteiger partial charge in [-0.3, -0.25) is 9.59 Å². The molecular weight excluding hydrogens is 434 g/mol. The second-order valence-corrected chi connectivity index (χ2v) is 8.76. The first-order chi connectivity index (χ1) is 16.0. The zero-order valence-corrected chi connectivity index (χ0v) is 19.1. The number of carbonyl (C=O) groups excluding carboxylic acids is 2. The molecule has 0 radical (unpaired) electrons. The summed E-state index contributed by atoms with van der Waals surface area (Å²) in [4.78, 5) is 32.9. The van der Waals surface area contributed by atoms with Gasteiger partial charge in [-0.1, -0.05) is 59.6 Å². The van der Waals surface area contributed by atoms with Crippen LogP contribution in [0.3, 0.4) is 0 Å². The fourth-order valence-electron chi connectivity index (χ4n) is 4.44. The van der Waals surface area contributed by atoms with Crippen LogP contribution in [0, 0.1) is 6.92 Å². The molecule has 5 rings (SSSR count). The van der Waals surface area contributed by atoms with E-state index in [0.29, 0.717) is 40.6 Å². The van der Waals surface area contributed by atoms with E-state index in [9.17, 15) is 9.59 Å². The van der Waals surface area contributed by atoms with Crippen molar-refractivity contribution in [2.75, 3.05) is 36.0 Å². The van der Waals surface area contributed by atoms with E-state index < -0.39 is 0 Å². The molecular formula is C27H24ClN3O2. The first kappa shape index (κ1) is 21.3. The number of piperazine rings is 1. The van der Waals surface area contributed by atoms with E-state index in [-0.39, 0.29) is 11.8 Å². The number of halogens is 1. The van der Waals surface area contributed by atoms with Gasteiger partial charge < -0.3 is 9.80 Å². The number of nitrogens with zero attached hydrogens (tertiary/aromatic N) is 3. The number of hydrogen-bond donors (Lipinski definition) is 0. The molecule has 0 atom stereocenters. The predicted octanol–water partition coefficient (Wildman–Crippen LogP) is 4.76. The maximum atomic E-state index is 13.7. The fraction of sp³-hybridized carbons (Fsp3) is 0.185. The minimum atomic E-state index is -0.299. The second kappa shape index (κ2) is 8.75. The molecule has 0 N–H and O–H groups in total. The summed E-state index contributed by atoms with van der Waals surface area (Å²) in [7, 11) is 0. The van der Waals surface area contributed by atoms with E-state index in [0.717, 1.165) is 18.7 Å². The van der Waals surface area contributed by atoms with Crippen LogP contribution in [0.4, 0.5) is 11.4 Å². The van der Waals surface area contributed by atoms with Crippen molar-refractivity contribution in [2.45, 2.75) is 6.92 Å². The van der Waals surface area contributed by atoms with E-state index in [1.807, 2.05) is 61.5 Å². The molecule has 2 heterocycles. The molecule has 3 aromatic rings. The number of benzene rings is 3. The number of hydrogen-bond acceptors (Lipinski definition) is 4. The number of para-hydroxylation sites is 1. The Kier molecular flexibility index (Phi) is 5.65. The summed E-state index contributed by atoms with van der Waals surface area (Å²) >= 11 is 6.09. The van der Waals surface area contributed by atoms with Crippen LogP contribution >= 0.6 is 11.6 Å². The highest BCUT2D eigenvalue weighted by Crippen LogP contribution is 2.36. The van der Waals surface area contributed by atoms with Gasteiger partial charge in [-0.2, -0.15) is 0 Å². The molecule has 0 bridgehead atoms. The van der Waals surface area contributed by atoms with Crippen molar-refractivity contribution in [3.63, 3.8) is 0 Å². The Morgan fingerprint density at radius 2 is 1.27 bits per heavy atom. The number of carbonyl (C=O) groups is 2. The monoisotopic (exact) mass is 457 g/mol. The first-order valence-corrected chi connectivity index (χ1v) is 11.4. The Morgan fingerprint density at radius 3 is 1.91 bits per heavy atom. The normalized spacial score (nSPS) is 16.7. The van der Waals surface area contributed by atoms with Gasteiger partial charge in [0.1, 0.15) is 5.70 Å². The maximum absolute atomic E-state index is 13.7. The number of amides is 2. The van der Waals surface area contributed by atoms with Crippen LogP contribution in [0.5, 0.6) is 0 Å². The average Bonchev–Trinajstić information content (AvgIpc) is 3.11. The number of anilines is 2. The third-order valence-corrected chi connectivity index (χ3v) is 6.45. The van der Waals surface area contributed by atoms with E-state index >= 15 is 0 Å². The summed E-state index contributed by atoms with van der Waals surface area (Å²) in [6.07, 6.45) is 0. The Bertz CT molecular complexity index is 1210. The third-order valence-electron chi connectivity index (χ3n) is 6.20. The van der Waals surface area contributed by atoms with Gasteiger partial charge in [-0.15, -0.1) is 0 Å². The lowest BCUT2D eigenvalue weighted by Crippen LogP contribution is -2.47. The van der Waals surface area contributed by atoms with E-state index in [1.54, 1.807) is 12.1 Å². The van der Waals surface area contributed by atoms with Gasteiger partial charge in [0, 0.05) is 36.9 Å². The fourth-order valence-corrected chi connectivity index (χ4v) is 4.57. The van der Waals surface area contributed by atoms with Crippen molar-refractivity contribution in [3.8, 4) is 0 Å². The lowest BCUT2D eigenvalue weighted by Gasteiger charge is -2.37. The highest BCUT2D eigenvalue weighted by atomic mass is 35.5. The van der Waals surface area contributed by atoms with Crippen molar-refractivity contribution in [2.24, 2.45) is 0 Å². The highest BCUT2D eigenvalue weighted by molar-refractivity contribution is 6.45. The van der Waals surface area contributed by atoms with Gasteiger partial charge >= 0.3 is 0 Å². The molecule has 0 spiro atoms. The Hall–Kier alpha value is -3.57. The Morgan fingerprint density at radius 1 is 0.667 bits per heavy atom. The topological polar surface area (TPSA) is 43.9 Å². The highest BCUT2D eigenvalue weighted by Gasteiger charge is 2.43. The van der Waals surface area contributed by atoms with Gasteiger partial charge in [0.2, 0.25) is 0 Å². The van der Waals surface area contributed by atoms with Gasteiger partial charge in [0.05, 0.1) is 11.3 Å².